The predicted octanol–water partition coefficient (Wildman–Crippen LogP) is 5.56. The molecule has 0 spiro atoms. The highest BCUT2D eigenvalue weighted by Crippen LogP contribution is 2.24. The van der Waals surface area contributed by atoms with E-state index < -0.39 is 0 Å². The van der Waals surface area contributed by atoms with Crippen LogP contribution >= 0.6 is 11.6 Å². The van der Waals surface area contributed by atoms with Crippen LogP contribution < -0.4 is 14.8 Å². The van der Waals surface area contributed by atoms with Crippen LogP contribution in [0.1, 0.15) is 34.5 Å². The number of rotatable bonds is 7. The highest BCUT2D eigenvalue weighted by molar-refractivity contribution is 6.30. The Morgan fingerprint density at radius 1 is 1.10 bits per heavy atom. The second-order valence-electron chi connectivity index (χ2n) is 6.52. The van der Waals surface area contributed by atoms with Crippen molar-refractivity contribution in [3.05, 3.63) is 94.3 Å². The minimum atomic E-state index is -0.313. The molecule has 0 aliphatic heterocycles. The summed E-state index contributed by atoms with van der Waals surface area (Å²) in [5.74, 6) is 0.690. The Morgan fingerprint density at radius 3 is 2.55 bits per heavy atom. The fraction of sp³-hybridized carbons (Fsp3) is 0.174. The number of ether oxygens (including phenoxy) is 2. The Kier molecular flexibility index (Phi) is 6.73. The number of amides is 1. The molecule has 0 aliphatic rings. The summed E-state index contributed by atoms with van der Waals surface area (Å²) in [7, 11) is 1.56. The van der Waals surface area contributed by atoms with Gasteiger partial charge in [-0.25, -0.2) is 4.39 Å². The highest BCUT2D eigenvalue weighted by Gasteiger charge is 2.14. The molecule has 0 aromatic heterocycles. The molecule has 4 nitrogen and oxygen atoms in total. The largest absolute Gasteiger partial charge is 0.496 e. The van der Waals surface area contributed by atoms with E-state index >= 15 is 0 Å². The van der Waals surface area contributed by atoms with Gasteiger partial charge in [0.25, 0.3) is 5.91 Å². The van der Waals surface area contributed by atoms with Gasteiger partial charge in [-0.15, -0.1) is 0 Å². The second kappa shape index (κ2) is 9.43. The van der Waals surface area contributed by atoms with Crippen molar-refractivity contribution in [1.29, 1.82) is 0 Å². The molecule has 1 N–H and O–H groups in total. The molecule has 0 saturated carbocycles. The van der Waals surface area contributed by atoms with E-state index in [1.165, 1.54) is 12.1 Å². The summed E-state index contributed by atoms with van der Waals surface area (Å²) >= 11 is 5.98. The molecule has 0 saturated heterocycles. The van der Waals surface area contributed by atoms with Gasteiger partial charge in [-0.2, -0.15) is 0 Å². The lowest BCUT2D eigenvalue weighted by molar-refractivity contribution is 0.0939. The van der Waals surface area contributed by atoms with Crippen LogP contribution in [0.3, 0.4) is 0 Å². The maximum atomic E-state index is 13.1. The quantitative estimate of drug-likeness (QED) is 0.551. The van der Waals surface area contributed by atoms with E-state index in [1.54, 1.807) is 61.7 Å². The Bertz CT molecular complexity index is 992. The average Bonchev–Trinajstić information content (AvgIpc) is 2.72. The normalized spacial score (nSPS) is 11.6. The average molecular weight is 414 g/mol. The van der Waals surface area contributed by atoms with E-state index in [4.69, 9.17) is 21.1 Å². The Hall–Kier alpha value is -3.05. The summed E-state index contributed by atoms with van der Waals surface area (Å²) in [6, 6.07) is 18.0. The Morgan fingerprint density at radius 2 is 1.86 bits per heavy atom. The maximum absolute atomic E-state index is 13.1. The monoisotopic (exact) mass is 413 g/mol. The predicted molar refractivity (Wildman–Crippen MR) is 111 cm³/mol. The van der Waals surface area contributed by atoms with Gasteiger partial charge in [-0.3, -0.25) is 4.79 Å². The van der Waals surface area contributed by atoms with Crippen LogP contribution in [0.25, 0.3) is 0 Å². The third-order valence-corrected chi connectivity index (χ3v) is 4.69. The van der Waals surface area contributed by atoms with Crippen molar-refractivity contribution in [2.45, 2.75) is 19.6 Å². The Labute approximate surface area is 174 Å². The molecule has 29 heavy (non-hydrogen) atoms. The molecule has 0 radical (unpaired) electrons. The number of benzene rings is 3. The Balaban J connectivity index is 1.72. The van der Waals surface area contributed by atoms with Crippen molar-refractivity contribution in [1.82, 2.24) is 5.32 Å². The third-order valence-electron chi connectivity index (χ3n) is 4.45. The smallest absolute Gasteiger partial charge is 0.251 e. The van der Waals surface area contributed by atoms with Crippen molar-refractivity contribution in [3.8, 4) is 11.5 Å². The van der Waals surface area contributed by atoms with Crippen molar-refractivity contribution in [2.24, 2.45) is 0 Å². The van der Waals surface area contributed by atoms with Crippen LogP contribution in [0.15, 0.2) is 66.7 Å². The van der Waals surface area contributed by atoms with Gasteiger partial charge in [0.05, 0.1) is 13.2 Å². The molecule has 1 atom stereocenters. The first-order valence-corrected chi connectivity index (χ1v) is 9.45. The number of carbonyl (C=O) groups excluding carboxylic acids is 1. The summed E-state index contributed by atoms with van der Waals surface area (Å²) in [6.07, 6.45) is 0. The van der Waals surface area contributed by atoms with Gasteiger partial charge in [0, 0.05) is 16.1 Å². The zero-order valence-electron chi connectivity index (χ0n) is 16.1. The topological polar surface area (TPSA) is 47.6 Å². The number of nitrogens with one attached hydrogen (secondary N) is 1. The van der Waals surface area contributed by atoms with E-state index in [0.29, 0.717) is 22.1 Å². The van der Waals surface area contributed by atoms with E-state index in [-0.39, 0.29) is 24.4 Å². The minimum absolute atomic E-state index is 0.220. The zero-order chi connectivity index (χ0) is 20.8. The van der Waals surface area contributed by atoms with Gasteiger partial charge >= 0.3 is 0 Å². The number of hydrogen-bond donors (Lipinski definition) is 1. The fourth-order valence-corrected chi connectivity index (χ4v) is 3.05. The molecule has 0 heterocycles. The lowest BCUT2D eigenvalue weighted by Crippen LogP contribution is -2.26. The molecule has 1 amide bonds. The maximum Gasteiger partial charge on any atom is 0.251 e. The first kappa shape index (κ1) is 20.7. The number of carbonyl (C=O) groups is 1. The summed E-state index contributed by atoms with van der Waals surface area (Å²) in [5, 5.41) is 3.50. The van der Waals surface area contributed by atoms with Crippen molar-refractivity contribution < 1.29 is 18.7 Å². The molecule has 6 heteroatoms. The van der Waals surface area contributed by atoms with Crippen LogP contribution in [0.5, 0.6) is 11.5 Å². The van der Waals surface area contributed by atoms with Gasteiger partial charge < -0.3 is 14.8 Å². The van der Waals surface area contributed by atoms with Crippen molar-refractivity contribution in [3.63, 3.8) is 0 Å². The van der Waals surface area contributed by atoms with Gasteiger partial charge in [0.2, 0.25) is 0 Å². The molecular weight excluding hydrogens is 393 g/mol. The van der Waals surface area contributed by atoms with Gasteiger partial charge in [-0.05, 0) is 61.0 Å². The lowest BCUT2D eigenvalue weighted by Gasteiger charge is -2.16. The number of hydrogen-bond acceptors (Lipinski definition) is 3. The summed E-state index contributed by atoms with van der Waals surface area (Å²) < 4.78 is 24.3. The third kappa shape index (κ3) is 5.48. The van der Waals surface area contributed by atoms with Gasteiger partial charge in [0.1, 0.15) is 23.9 Å². The van der Waals surface area contributed by atoms with Crippen LogP contribution in [0, 0.1) is 5.82 Å². The SMILES string of the molecule is COc1ccc(C(=O)NC(C)c2ccc(F)cc2)cc1COc1cccc(Cl)c1. The van der Waals surface area contributed by atoms with Crippen LogP contribution in [-0.2, 0) is 6.61 Å². The van der Waals surface area contributed by atoms with Crippen LogP contribution in [0.2, 0.25) is 5.02 Å². The molecule has 0 bridgehead atoms. The summed E-state index contributed by atoms with van der Waals surface area (Å²) in [5.41, 5.74) is 2.02. The van der Waals surface area contributed by atoms with Gasteiger partial charge in [-0.1, -0.05) is 29.8 Å². The highest BCUT2D eigenvalue weighted by atomic mass is 35.5. The molecular formula is C23H21ClFNO3. The first-order chi connectivity index (χ1) is 14.0. The zero-order valence-corrected chi connectivity index (χ0v) is 16.9. The van der Waals surface area contributed by atoms with E-state index in [2.05, 4.69) is 5.32 Å². The molecule has 0 aliphatic carbocycles. The second-order valence-corrected chi connectivity index (χ2v) is 6.96. The van der Waals surface area contributed by atoms with E-state index in [1.807, 2.05) is 6.92 Å². The standard InChI is InChI=1S/C23H21ClFNO3/c1-15(16-6-9-20(25)10-7-16)26-23(27)17-8-11-22(28-2)18(12-17)14-29-21-5-3-4-19(24)13-21/h3-13,15H,14H2,1-2H3,(H,26,27). The molecule has 150 valence electrons. The van der Waals surface area contributed by atoms with E-state index in [0.717, 1.165) is 11.1 Å². The van der Waals surface area contributed by atoms with Crippen molar-refractivity contribution >= 4 is 17.5 Å². The summed E-state index contributed by atoms with van der Waals surface area (Å²) in [6.45, 7) is 2.07. The lowest BCUT2D eigenvalue weighted by atomic mass is 10.1. The van der Waals surface area contributed by atoms with Crippen LogP contribution in [0.4, 0.5) is 4.39 Å². The van der Waals surface area contributed by atoms with Gasteiger partial charge in [0.15, 0.2) is 0 Å². The number of methoxy groups -OCH3 is 1. The molecule has 0 fully saturated rings. The van der Waals surface area contributed by atoms with Crippen LogP contribution in [-0.4, -0.2) is 13.0 Å². The van der Waals surface area contributed by atoms with Crippen molar-refractivity contribution in [2.75, 3.05) is 7.11 Å². The van der Waals surface area contributed by atoms with E-state index in [9.17, 15) is 9.18 Å². The summed E-state index contributed by atoms with van der Waals surface area (Å²) in [4.78, 5) is 12.7. The molecule has 3 aromatic rings. The first-order valence-electron chi connectivity index (χ1n) is 9.08. The number of halogens is 2. The molecule has 1 unspecified atom stereocenters. The molecule has 3 rings (SSSR count). The minimum Gasteiger partial charge on any atom is -0.496 e. The molecule has 3 aromatic carbocycles. The fourth-order valence-electron chi connectivity index (χ4n) is 2.87.